The molecule has 1 N–H and O–H groups in total. The number of anilines is 2. The van der Waals surface area contributed by atoms with Gasteiger partial charge < -0.3 is 10.1 Å². The average Bonchev–Trinajstić information content (AvgIpc) is 3.02. The van der Waals surface area contributed by atoms with Gasteiger partial charge in [0, 0.05) is 23.1 Å². The zero-order valence-electron chi connectivity index (χ0n) is 16.8. The lowest BCUT2D eigenvalue weighted by Gasteiger charge is -2.11. The highest BCUT2D eigenvalue weighted by molar-refractivity contribution is 5.93. The predicted molar refractivity (Wildman–Crippen MR) is 113 cm³/mol. The van der Waals surface area contributed by atoms with E-state index in [0.717, 1.165) is 63.7 Å². The second-order valence-electron chi connectivity index (χ2n) is 6.98. The van der Waals surface area contributed by atoms with Gasteiger partial charge in [0.05, 0.1) is 12.0 Å². The van der Waals surface area contributed by atoms with E-state index in [1.54, 1.807) is 0 Å². The molecule has 144 valence electrons. The number of hydrogen-bond donors (Lipinski definition) is 1. The quantitative estimate of drug-likeness (QED) is 0.514. The van der Waals surface area contributed by atoms with E-state index in [9.17, 15) is 0 Å². The zero-order chi connectivity index (χ0) is 19.7. The largest absolute Gasteiger partial charge is 0.494 e. The molecule has 0 aliphatic heterocycles. The Bertz CT molecular complexity index is 1130. The van der Waals surface area contributed by atoms with E-state index in [1.807, 2.05) is 42.6 Å². The maximum atomic E-state index is 5.53. The van der Waals surface area contributed by atoms with Crippen LogP contribution in [0.15, 0.2) is 36.4 Å². The summed E-state index contributed by atoms with van der Waals surface area (Å²) < 4.78 is 7.39. The third-order valence-electron chi connectivity index (χ3n) is 4.67. The van der Waals surface area contributed by atoms with Crippen LogP contribution in [-0.2, 0) is 6.42 Å². The fourth-order valence-corrected chi connectivity index (χ4v) is 3.49. The van der Waals surface area contributed by atoms with Crippen molar-refractivity contribution in [3.63, 3.8) is 0 Å². The lowest BCUT2D eigenvalue weighted by atomic mass is 10.2. The van der Waals surface area contributed by atoms with E-state index >= 15 is 0 Å². The third-order valence-corrected chi connectivity index (χ3v) is 4.67. The molecule has 0 radical (unpaired) electrons. The van der Waals surface area contributed by atoms with Gasteiger partial charge in [0.1, 0.15) is 11.6 Å². The Hall–Kier alpha value is -3.15. The molecule has 0 saturated heterocycles. The molecule has 4 rings (SSSR count). The van der Waals surface area contributed by atoms with E-state index in [-0.39, 0.29) is 0 Å². The summed E-state index contributed by atoms with van der Waals surface area (Å²) in [5, 5.41) is 9.24. The van der Waals surface area contributed by atoms with Crippen molar-refractivity contribution in [3.8, 4) is 5.75 Å². The van der Waals surface area contributed by atoms with Crippen LogP contribution in [0.25, 0.3) is 16.7 Å². The Balaban J connectivity index is 1.84. The van der Waals surface area contributed by atoms with Crippen molar-refractivity contribution in [2.24, 2.45) is 0 Å². The molecule has 0 aliphatic rings. The fraction of sp³-hybridized carbons (Fsp3) is 0.318. The first kappa shape index (κ1) is 18.2. The van der Waals surface area contributed by atoms with E-state index in [2.05, 4.69) is 36.3 Å². The second-order valence-corrected chi connectivity index (χ2v) is 6.98. The van der Waals surface area contributed by atoms with Crippen molar-refractivity contribution < 1.29 is 4.74 Å². The molecule has 0 atom stereocenters. The van der Waals surface area contributed by atoms with Crippen molar-refractivity contribution >= 4 is 28.2 Å². The summed E-state index contributed by atoms with van der Waals surface area (Å²) in [6.45, 7) is 8.88. The number of hydrogen-bond acceptors (Lipinski definition) is 5. The number of pyridine rings is 1. The second kappa shape index (κ2) is 7.46. The van der Waals surface area contributed by atoms with Gasteiger partial charge in [-0.3, -0.25) is 0 Å². The highest BCUT2D eigenvalue weighted by Crippen LogP contribution is 2.27. The standard InChI is InChI=1S/C22H25N5O/c1-5-7-17-13-19(24-16-8-10-18(11-9-16)28-6-2)27-22(25-17)20-14(3)12-15(4)23-21(20)26-27/h8-13,24H,5-7H2,1-4H3. The lowest BCUT2D eigenvalue weighted by molar-refractivity contribution is 0.340. The maximum Gasteiger partial charge on any atom is 0.184 e. The van der Waals surface area contributed by atoms with E-state index in [1.165, 1.54) is 0 Å². The van der Waals surface area contributed by atoms with Crippen LogP contribution in [-0.4, -0.2) is 26.2 Å². The van der Waals surface area contributed by atoms with Gasteiger partial charge in [-0.2, -0.15) is 4.52 Å². The average molecular weight is 375 g/mol. The maximum absolute atomic E-state index is 5.53. The van der Waals surface area contributed by atoms with Crippen molar-refractivity contribution in [2.45, 2.75) is 40.5 Å². The van der Waals surface area contributed by atoms with Crippen LogP contribution in [0.1, 0.15) is 37.2 Å². The molecule has 1 aromatic carbocycles. The topological polar surface area (TPSA) is 64.3 Å². The van der Waals surface area contributed by atoms with E-state index in [0.29, 0.717) is 6.61 Å². The van der Waals surface area contributed by atoms with E-state index < -0.39 is 0 Å². The number of benzene rings is 1. The summed E-state index contributed by atoms with van der Waals surface area (Å²) >= 11 is 0. The van der Waals surface area contributed by atoms with Crippen LogP contribution < -0.4 is 10.1 Å². The van der Waals surface area contributed by atoms with Crippen molar-refractivity contribution in [1.82, 2.24) is 19.6 Å². The summed E-state index contributed by atoms with van der Waals surface area (Å²) in [4.78, 5) is 9.50. The Morgan fingerprint density at radius 2 is 1.82 bits per heavy atom. The normalized spacial score (nSPS) is 11.3. The van der Waals surface area contributed by atoms with Crippen LogP contribution in [0.2, 0.25) is 0 Å². The van der Waals surface area contributed by atoms with Crippen LogP contribution in [0.3, 0.4) is 0 Å². The first-order chi connectivity index (χ1) is 13.6. The van der Waals surface area contributed by atoms with Crippen LogP contribution in [0, 0.1) is 13.8 Å². The number of fused-ring (bicyclic) bond motifs is 3. The van der Waals surface area contributed by atoms with Gasteiger partial charge in [0.2, 0.25) is 0 Å². The summed E-state index contributed by atoms with van der Waals surface area (Å²) in [5.41, 5.74) is 5.70. The minimum absolute atomic E-state index is 0.657. The number of ether oxygens (including phenoxy) is 1. The predicted octanol–water partition coefficient (Wildman–Crippen LogP) is 4.99. The molecule has 28 heavy (non-hydrogen) atoms. The zero-order valence-corrected chi connectivity index (χ0v) is 16.8. The summed E-state index contributed by atoms with van der Waals surface area (Å²) in [7, 11) is 0. The van der Waals surface area contributed by atoms with Gasteiger partial charge >= 0.3 is 0 Å². The van der Waals surface area contributed by atoms with Gasteiger partial charge in [-0.05, 0) is 63.1 Å². The molecule has 0 aliphatic carbocycles. The monoisotopic (exact) mass is 375 g/mol. The van der Waals surface area contributed by atoms with Crippen molar-refractivity contribution in [2.75, 3.05) is 11.9 Å². The van der Waals surface area contributed by atoms with Crippen LogP contribution >= 0.6 is 0 Å². The number of nitrogens with one attached hydrogen (secondary N) is 1. The highest BCUT2D eigenvalue weighted by Gasteiger charge is 2.15. The number of aromatic nitrogens is 4. The lowest BCUT2D eigenvalue weighted by Crippen LogP contribution is -2.04. The highest BCUT2D eigenvalue weighted by atomic mass is 16.5. The first-order valence-corrected chi connectivity index (χ1v) is 9.75. The molecule has 0 bridgehead atoms. The molecule has 0 unspecified atom stereocenters. The third kappa shape index (κ3) is 3.38. The Morgan fingerprint density at radius 3 is 2.54 bits per heavy atom. The molecule has 3 heterocycles. The fourth-order valence-electron chi connectivity index (χ4n) is 3.49. The van der Waals surface area contributed by atoms with Crippen LogP contribution in [0.4, 0.5) is 11.5 Å². The molecule has 0 fully saturated rings. The SMILES string of the molecule is CCCc1cc(Nc2ccc(OCC)cc2)n2nc3nc(C)cc(C)c3c2n1. The van der Waals surface area contributed by atoms with E-state index in [4.69, 9.17) is 14.8 Å². The van der Waals surface area contributed by atoms with Gasteiger partial charge in [-0.25, -0.2) is 9.97 Å². The summed E-state index contributed by atoms with van der Waals surface area (Å²) in [6.07, 6.45) is 1.95. The minimum Gasteiger partial charge on any atom is -0.494 e. The smallest absolute Gasteiger partial charge is 0.184 e. The number of nitrogens with zero attached hydrogens (tertiary/aromatic N) is 4. The number of rotatable bonds is 6. The molecule has 0 spiro atoms. The molecular formula is C22H25N5O. The van der Waals surface area contributed by atoms with Gasteiger partial charge in [0.25, 0.3) is 0 Å². The minimum atomic E-state index is 0.657. The Labute approximate surface area is 164 Å². The first-order valence-electron chi connectivity index (χ1n) is 9.75. The molecule has 0 saturated carbocycles. The van der Waals surface area contributed by atoms with Gasteiger partial charge in [0.15, 0.2) is 11.3 Å². The molecular weight excluding hydrogens is 350 g/mol. The molecule has 3 aromatic heterocycles. The summed E-state index contributed by atoms with van der Waals surface area (Å²) in [6, 6.07) is 12.1. The van der Waals surface area contributed by atoms with Crippen molar-refractivity contribution in [1.29, 1.82) is 0 Å². The Morgan fingerprint density at radius 1 is 1.04 bits per heavy atom. The van der Waals surface area contributed by atoms with Gasteiger partial charge in [-0.1, -0.05) is 13.3 Å². The molecule has 4 aromatic rings. The molecule has 6 nitrogen and oxygen atoms in total. The summed E-state index contributed by atoms with van der Waals surface area (Å²) in [5.74, 6) is 1.74. The Kier molecular flexibility index (Phi) is 4.86. The van der Waals surface area contributed by atoms with Gasteiger partial charge in [-0.15, -0.1) is 5.10 Å². The number of aryl methyl sites for hydroxylation is 3. The molecule has 0 amide bonds. The molecule has 6 heteroatoms. The van der Waals surface area contributed by atoms with Crippen molar-refractivity contribution in [3.05, 3.63) is 53.3 Å². The van der Waals surface area contributed by atoms with Crippen LogP contribution in [0.5, 0.6) is 5.75 Å².